The van der Waals surface area contributed by atoms with E-state index in [1.807, 2.05) is 18.2 Å². The Hall–Kier alpha value is -0.885. The zero-order valence-electron chi connectivity index (χ0n) is 19.0. The Morgan fingerprint density at radius 1 is 1.07 bits per heavy atom. The number of hydrogen-bond donors (Lipinski definition) is 0. The summed E-state index contributed by atoms with van der Waals surface area (Å²) in [5.41, 5.74) is 0.150. The summed E-state index contributed by atoms with van der Waals surface area (Å²) in [6.07, 6.45) is 2.69. The summed E-state index contributed by atoms with van der Waals surface area (Å²) < 4.78 is 40.5. The molecule has 0 spiro atoms. The minimum Gasteiger partial charge on any atom is -0.403 e. The van der Waals surface area contributed by atoms with Gasteiger partial charge >= 0.3 is 7.12 Å². The topological polar surface area (TPSA) is 55.8 Å². The molecule has 2 heterocycles. The zero-order valence-corrected chi connectivity index (χ0v) is 19.8. The van der Waals surface area contributed by atoms with Crippen LogP contribution in [0.2, 0.25) is 0 Å². The van der Waals surface area contributed by atoms with E-state index in [4.69, 9.17) is 9.31 Å². The second kappa shape index (κ2) is 7.67. The van der Waals surface area contributed by atoms with Gasteiger partial charge in [0.05, 0.1) is 16.1 Å². The molecule has 0 N–H and O–H groups in total. The van der Waals surface area contributed by atoms with Crippen LogP contribution in [0.1, 0.15) is 79.1 Å². The van der Waals surface area contributed by atoms with Crippen LogP contribution in [-0.4, -0.2) is 44.1 Å². The Balaban J connectivity index is 1.97. The van der Waals surface area contributed by atoms with E-state index < -0.39 is 28.3 Å². The Labute approximate surface area is 177 Å². The lowest BCUT2D eigenvalue weighted by molar-refractivity contribution is 0.00578. The maximum Gasteiger partial charge on any atom is 0.465 e. The number of hydrogen-bond acceptors (Lipinski definition) is 4. The molecule has 29 heavy (non-hydrogen) atoms. The first-order valence-corrected chi connectivity index (χ1v) is 12.1. The summed E-state index contributed by atoms with van der Waals surface area (Å²) in [6.45, 7) is 16.0. The summed E-state index contributed by atoms with van der Waals surface area (Å²) >= 11 is 0. The molecule has 1 aromatic carbocycles. The van der Waals surface area contributed by atoms with Gasteiger partial charge in [-0.3, -0.25) is 0 Å². The summed E-state index contributed by atoms with van der Waals surface area (Å²) in [6, 6.07) is 7.38. The van der Waals surface area contributed by atoms with Gasteiger partial charge in [0.15, 0.2) is 0 Å². The molecule has 0 radical (unpaired) electrons. The Morgan fingerprint density at radius 3 is 2.14 bits per heavy atom. The summed E-state index contributed by atoms with van der Waals surface area (Å²) in [5.74, 6) is -0.0511. The Bertz CT molecular complexity index is 823. The highest BCUT2D eigenvalue weighted by Crippen LogP contribution is 2.44. The van der Waals surface area contributed by atoms with Gasteiger partial charge in [0.2, 0.25) is 10.0 Å². The normalized spacial score (nSPS) is 23.5. The van der Waals surface area contributed by atoms with Crippen LogP contribution >= 0.6 is 0 Å². The summed E-state index contributed by atoms with van der Waals surface area (Å²) in [5, 5.41) is 0. The molecular weight excluding hydrogens is 385 g/mol. The minimum absolute atomic E-state index is 0.0398. The molecule has 0 amide bonds. The van der Waals surface area contributed by atoms with Gasteiger partial charge in [0.25, 0.3) is 0 Å². The third-order valence-electron chi connectivity index (χ3n) is 6.42. The van der Waals surface area contributed by atoms with Crippen molar-refractivity contribution in [1.29, 1.82) is 0 Å². The molecule has 1 unspecified atom stereocenters. The quantitative estimate of drug-likeness (QED) is 0.651. The van der Waals surface area contributed by atoms with Gasteiger partial charge in [-0.05, 0) is 70.1 Å². The average Bonchev–Trinajstić information content (AvgIpc) is 3.19. The number of nitrogens with zero attached hydrogens (tertiary/aromatic N) is 1. The van der Waals surface area contributed by atoms with Crippen LogP contribution in [0.25, 0.3) is 0 Å². The molecule has 0 aromatic heterocycles. The molecule has 2 saturated heterocycles. The summed E-state index contributed by atoms with van der Waals surface area (Å²) in [7, 11) is -3.87. The van der Waals surface area contributed by atoms with Crippen LogP contribution < -0.4 is 0 Å². The van der Waals surface area contributed by atoms with Gasteiger partial charge in [-0.1, -0.05) is 32.9 Å². The fourth-order valence-corrected chi connectivity index (χ4v) is 5.64. The summed E-state index contributed by atoms with van der Waals surface area (Å²) in [4.78, 5) is 0.368. The Morgan fingerprint density at radius 2 is 1.62 bits per heavy atom. The van der Waals surface area contributed by atoms with E-state index in [1.165, 1.54) is 0 Å². The van der Waals surface area contributed by atoms with E-state index in [0.29, 0.717) is 18.0 Å². The SMILES string of the molecule is CC(C)(C)CC(B1OC(C)(C)C(C)(C)O1)c1cccc(S(=O)(=O)N2CCCC2)c1. The van der Waals surface area contributed by atoms with Gasteiger partial charge in [-0.25, -0.2) is 8.42 Å². The molecule has 1 atom stereocenters. The van der Waals surface area contributed by atoms with Crippen LogP contribution in [0.4, 0.5) is 0 Å². The lowest BCUT2D eigenvalue weighted by Crippen LogP contribution is -2.41. The van der Waals surface area contributed by atoms with Crippen molar-refractivity contribution in [3.05, 3.63) is 29.8 Å². The van der Waals surface area contributed by atoms with Gasteiger partial charge in [0.1, 0.15) is 0 Å². The zero-order chi connectivity index (χ0) is 21.7. The van der Waals surface area contributed by atoms with Crippen molar-refractivity contribution in [3.8, 4) is 0 Å². The molecule has 0 aliphatic carbocycles. The van der Waals surface area contributed by atoms with Crippen molar-refractivity contribution in [2.75, 3.05) is 13.1 Å². The van der Waals surface area contributed by atoms with Crippen LogP contribution in [0, 0.1) is 5.41 Å². The van der Waals surface area contributed by atoms with Gasteiger partial charge < -0.3 is 9.31 Å². The van der Waals surface area contributed by atoms with E-state index in [0.717, 1.165) is 24.8 Å². The minimum atomic E-state index is -3.46. The smallest absolute Gasteiger partial charge is 0.403 e. The fourth-order valence-electron chi connectivity index (χ4n) is 4.07. The van der Waals surface area contributed by atoms with Gasteiger partial charge in [-0.2, -0.15) is 4.31 Å². The first kappa shape index (κ1) is 22.8. The van der Waals surface area contributed by atoms with Crippen molar-refractivity contribution in [1.82, 2.24) is 4.31 Å². The first-order chi connectivity index (χ1) is 13.2. The van der Waals surface area contributed by atoms with Crippen LogP contribution in [-0.2, 0) is 19.3 Å². The lowest BCUT2D eigenvalue weighted by atomic mass is 9.62. The predicted octanol–water partition coefficient (Wildman–Crippen LogP) is 4.62. The third kappa shape index (κ3) is 4.73. The number of rotatable bonds is 5. The van der Waals surface area contributed by atoms with E-state index >= 15 is 0 Å². The van der Waals surface area contributed by atoms with Crippen LogP contribution in [0.15, 0.2) is 29.2 Å². The van der Waals surface area contributed by atoms with Crippen LogP contribution in [0.3, 0.4) is 0 Å². The standard InChI is InChI=1S/C22H36BNO4S/c1-20(2,3)16-19(23-27-21(4,5)22(6,7)28-23)17-11-10-12-18(15-17)29(25,26)24-13-8-9-14-24/h10-12,15,19H,8-9,13-14,16H2,1-7H3. The van der Waals surface area contributed by atoms with Crippen LogP contribution in [0.5, 0.6) is 0 Å². The maximum absolute atomic E-state index is 13.1. The highest BCUT2D eigenvalue weighted by Gasteiger charge is 2.54. The van der Waals surface area contributed by atoms with E-state index in [2.05, 4.69) is 48.5 Å². The monoisotopic (exact) mass is 421 g/mol. The third-order valence-corrected chi connectivity index (χ3v) is 8.32. The van der Waals surface area contributed by atoms with Crippen molar-refractivity contribution < 1.29 is 17.7 Å². The van der Waals surface area contributed by atoms with Crippen molar-refractivity contribution in [3.63, 3.8) is 0 Å². The van der Waals surface area contributed by atoms with Gasteiger partial charge in [0, 0.05) is 18.9 Å². The molecular formula is C22H36BNO4S. The first-order valence-electron chi connectivity index (χ1n) is 10.7. The predicted molar refractivity (Wildman–Crippen MR) is 117 cm³/mol. The van der Waals surface area contributed by atoms with E-state index in [9.17, 15) is 8.42 Å². The molecule has 3 rings (SSSR count). The second-order valence-corrected chi connectivity index (χ2v) is 12.6. The van der Waals surface area contributed by atoms with Crippen molar-refractivity contribution in [2.45, 2.75) is 89.6 Å². The largest absolute Gasteiger partial charge is 0.465 e. The van der Waals surface area contributed by atoms with E-state index in [1.54, 1.807) is 10.4 Å². The fraction of sp³-hybridized carbons (Fsp3) is 0.727. The molecule has 1 aromatic rings. The molecule has 2 aliphatic rings. The maximum atomic E-state index is 13.1. The molecule has 7 heteroatoms. The van der Waals surface area contributed by atoms with Gasteiger partial charge in [-0.15, -0.1) is 0 Å². The van der Waals surface area contributed by atoms with E-state index in [-0.39, 0.29) is 11.2 Å². The number of benzene rings is 1. The lowest BCUT2D eigenvalue weighted by Gasteiger charge is -2.32. The van der Waals surface area contributed by atoms with Crippen molar-refractivity contribution in [2.24, 2.45) is 5.41 Å². The second-order valence-electron chi connectivity index (χ2n) is 10.7. The molecule has 162 valence electrons. The average molecular weight is 421 g/mol. The molecule has 5 nitrogen and oxygen atoms in total. The number of sulfonamides is 1. The molecule has 0 saturated carbocycles. The molecule has 0 bridgehead atoms. The molecule has 2 aliphatic heterocycles. The Kier molecular flexibility index (Phi) is 6.02. The highest BCUT2D eigenvalue weighted by atomic mass is 32.2. The molecule has 2 fully saturated rings. The highest BCUT2D eigenvalue weighted by molar-refractivity contribution is 7.89. The van der Waals surface area contributed by atoms with Crippen molar-refractivity contribution >= 4 is 17.1 Å².